The van der Waals surface area contributed by atoms with Gasteiger partial charge in [-0.05, 0) is 54.4 Å². The predicted octanol–water partition coefficient (Wildman–Crippen LogP) is 2.51. The number of aliphatic hydroxyl groups is 1. The van der Waals surface area contributed by atoms with E-state index in [0.29, 0.717) is 68.4 Å². The number of aliphatic hydroxyl groups excluding tert-OH is 1. The number of para-hydroxylation sites is 1. The van der Waals surface area contributed by atoms with E-state index in [1.807, 2.05) is 30.3 Å². The summed E-state index contributed by atoms with van der Waals surface area (Å²) in [5.41, 5.74) is 20.3. The van der Waals surface area contributed by atoms with Gasteiger partial charge in [0, 0.05) is 23.2 Å². The van der Waals surface area contributed by atoms with E-state index in [9.17, 15) is 14.7 Å². The molecule has 3 aromatic carbocycles. The number of nitrogen functional groups attached to an aromatic ring is 1. The van der Waals surface area contributed by atoms with E-state index in [4.69, 9.17) is 21.9 Å². The highest BCUT2D eigenvalue weighted by Crippen LogP contribution is 2.49. The number of carbonyl (C=O) groups excluding carboxylic acids is 2. The molecule has 200 valence electrons. The Morgan fingerprint density at radius 2 is 1.79 bits per heavy atom. The number of benzene rings is 3. The topological polar surface area (TPSA) is 166 Å². The third-order valence-corrected chi connectivity index (χ3v) is 8.82. The van der Waals surface area contributed by atoms with Crippen molar-refractivity contribution in [2.24, 2.45) is 11.5 Å². The lowest BCUT2D eigenvalue weighted by atomic mass is 9.70. The summed E-state index contributed by atoms with van der Waals surface area (Å²) in [4.78, 5) is 27.7. The Hall–Kier alpha value is -3.80. The summed E-state index contributed by atoms with van der Waals surface area (Å²) < 4.78 is 6.55. The van der Waals surface area contributed by atoms with Crippen LogP contribution in [0.3, 0.4) is 0 Å². The van der Waals surface area contributed by atoms with E-state index < -0.39 is 35.4 Å². The molecule has 1 aromatic heterocycles. The highest BCUT2D eigenvalue weighted by atomic mass is 32.1. The molecule has 0 radical (unpaired) electrons. The van der Waals surface area contributed by atoms with E-state index in [1.54, 1.807) is 36.4 Å². The number of carbonyl (C=O) groups is 2. The summed E-state index contributed by atoms with van der Waals surface area (Å²) in [7, 11) is 0. The second kappa shape index (κ2) is 9.74. The zero-order chi connectivity index (χ0) is 27.3. The summed E-state index contributed by atoms with van der Waals surface area (Å²) in [6.45, 7) is 1.13. The summed E-state index contributed by atoms with van der Waals surface area (Å²) >= 11 is 1.19. The molecule has 1 aliphatic heterocycles. The van der Waals surface area contributed by atoms with E-state index in [1.165, 1.54) is 11.3 Å². The Labute approximate surface area is 228 Å². The molecule has 9 N–H and O–H groups in total. The third kappa shape index (κ3) is 4.17. The Kier molecular flexibility index (Phi) is 6.37. The molecular formula is C29H29N5O4S. The average molecular weight is 544 g/mol. The maximum absolute atomic E-state index is 13.9. The molecule has 0 bridgehead atoms. The minimum atomic E-state index is -1.55. The van der Waals surface area contributed by atoms with Crippen molar-refractivity contribution in [1.29, 1.82) is 0 Å². The van der Waals surface area contributed by atoms with Crippen molar-refractivity contribution in [1.82, 2.24) is 10.6 Å². The van der Waals surface area contributed by atoms with Gasteiger partial charge in [-0.15, -0.1) is 11.3 Å². The van der Waals surface area contributed by atoms with Crippen LogP contribution in [0.2, 0.25) is 0 Å². The molecule has 10 heteroatoms. The van der Waals surface area contributed by atoms with Gasteiger partial charge in [0.15, 0.2) is 5.78 Å². The van der Waals surface area contributed by atoms with Crippen molar-refractivity contribution in [3.05, 3.63) is 88.3 Å². The summed E-state index contributed by atoms with van der Waals surface area (Å²) in [6, 6.07) is 18.2. The zero-order valence-electron chi connectivity index (χ0n) is 21.0. The maximum atomic E-state index is 13.9. The number of rotatable bonds is 5. The lowest BCUT2D eigenvalue weighted by Crippen LogP contribution is -2.54. The van der Waals surface area contributed by atoms with Gasteiger partial charge >= 0.3 is 0 Å². The molecule has 2 aliphatic rings. The molecule has 1 fully saturated rings. The van der Waals surface area contributed by atoms with Gasteiger partial charge < -0.3 is 37.7 Å². The number of hydrogen-bond donors (Lipinski definition) is 6. The first kappa shape index (κ1) is 25.5. The number of ether oxygens (including phenoxy) is 1. The number of nitrogens with two attached hydrogens (primary N) is 3. The monoisotopic (exact) mass is 543 g/mol. The van der Waals surface area contributed by atoms with E-state index in [2.05, 4.69) is 10.6 Å². The molecule has 4 aromatic rings. The van der Waals surface area contributed by atoms with Gasteiger partial charge in [-0.1, -0.05) is 36.4 Å². The molecule has 0 saturated carbocycles. The molecule has 6 rings (SSSR count). The second-order valence-electron chi connectivity index (χ2n) is 9.98. The first-order chi connectivity index (χ1) is 18.8. The van der Waals surface area contributed by atoms with Gasteiger partial charge in [-0.3, -0.25) is 9.59 Å². The molecule has 0 spiro atoms. The Balaban J connectivity index is 1.41. The van der Waals surface area contributed by atoms with Crippen LogP contribution in [0.15, 0.2) is 66.7 Å². The van der Waals surface area contributed by atoms with Crippen LogP contribution in [0, 0.1) is 0 Å². The number of ketones is 1. The zero-order valence-corrected chi connectivity index (χ0v) is 21.8. The fourth-order valence-electron chi connectivity index (χ4n) is 5.48. The number of amides is 1. The first-order valence-electron chi connectivity index (χ1n) is 12.8. The molecular weight excluding hydrogens is 514 g/mol. The largest absolute Gasteiger partial charge is 0.457 e. The van der Waals surface area contributed by atoms with Gasteiger partial charge in [0.25, 0.3) is 5.91 Å². The van der Waals surface area contributed by atoms with Crippen molar-refractivity contribution in [3.8, 4) is 11.5 Å². The molecule has 4 atom stereocenters. The van der Waals surface area contributed by atoms with Gasteiger partial charge in [0.2, 0.25) is 0 Å². The third-order valence-electron chi connectivity index (χ3n) is 7.57. The molecule has 1 saturated heterocycles. The molecule has 1 aliphatic carbocycles. The molecule has 2 heterocycles. The smallest absolute Gasteiger partial charge is 0.262 e. The highest BCUT2D eigenvalue weighted by Gasteiger charge is 2.48. The maximum Gasteiger partial charge on any atom is 0.262 e. The standard InChI is InChI=1S/C29H29N5O4S/c30-19-11-10-18-22-23(26(39-25(19)22)28(37)34-20-14-33-13-12-21(20)35)24(31)27(36)29(18,32)15-6-8-17(9-7-15)38-16-4-2-1-3-5-16/h1-11,20-21,24,33,35H,12-14,30-32H2,(H,34,37)/t20-,21-,24?,29?/m1/s1. The summed E-state index contributed by atoms with van der Waals surface area (Å²) in [6.07, 6.45) is -0.133. The number of anilines is 1. The Morgan fingerprint density at radius 3 is 2.51 bits per heavy atom. The van der Waals surface area contributed by atoms with E-state index in [0.717, 1.165) is 0 Å². The van der Waals surface area contributed by atoms with Crippen LogP contribution in [0.4, 0.5) is 5.69 Å². The first-order valence-corrected chi connectivity index (χ1v) is 13.6. The normalized spacial score (nSPS) is 24.5. The van der Waals surface area contributed by atoms with Gasteiger partial charge in [-0.2, -0.15) is 0 Å². The molecule has 2 unspecified atom stereocenters. The van der Waals surface area contributed by atoms with Crippen LogP contribution in [0.1, 0.15) is 38.8 Å². The molecule has 1 amide bonds. The van der Waals surface area contributed by atoms with Crippen molar-refractivity contribution < 1.29 is 19.4 Å². The minimum absolute atomic E-state index is 0.302. The molecule has 39 heavy (non-hydrogen) atoms. The second-order valence-corrected chi connectivity index (χ2v) is 11.0. The van der Waals surface area contributed by atoms with Crippen molar-refractivity contribution >= 4 is 38.8 Å². The number of thiophene rings is 1. The highest BCUT2D eigenvalue weighted by molar-refractivity contribution is 7.21. The lowest BCUT2D eigenvalue weighted by molar-refractivity contribution is -0.124. The van der Waals surface area contributed by atoms with Gasteiger partial charge in [-0.25, -0.2) is 0 Å². The van der Waals surface area contributed by atoms with Gasteiger partial charge in [0.05, 0.1) is 27.8 Å². The fourth-order valence-corrected chi connectivity index (χ4v) is 6.69. The van der Waals surface area contributed by atoms with Crippen LogP contribution in [-0.2, 0) is 10.3 Å². The number of nitrogens with one attached hydrogen (secondary N) is 2. The van der Waals surface area contributed by atoms with Crippen LogP contribution >= 0.6 is 11.3 Å². The predicted molar refractivity (Wildman–Crippen MR) is 151 cm³/mol. The van der Waals surface area contributed by atoms with Crippen molar-refractivity contribution in [2.45, 2.75) is 30.1 Å². The summed E-state index contributed by atoms with van der Waals surface area (Å²) in [5, 5.41) is 17.1. The lowest BCUT2D eigenvalue weighted by Gasteiger charge is -2.36. The Bertz CT molecular complexity index is 1570. The van der Waals surface area contributed by atoms with Crippen LogP contribution < -0.4 is 32.6 Å². The van der Waals surface area contributed by atoms with Crippen LogP contribution in [0.5, 0.6) is 11.5 Å². The fraction of sp³-hybridized carbons (Fsp3) is 0.241. The van der Waals surface area contributed by atoms with Gasteiger partial charge in [0.1, 0.15) is 17.0 Å². The summed E-state index contributed by atoms with van der Waals surface area (Å²) in [5.74, 6) is 0.455. The van der Waals surface area contributed by atoms with Crippen molar-refractivity contribution in [2.75, 3.05) is 18.8 Å². The average Bonchev–Trinajstić information content (AvgIpc) is 3.35. The number of piperidine rings is 1. The van der Waals surface area contributed by atoms with E-state index >= 15 is 0 Å². The van der Waals surface area contributed by atoms with Crippen molar-refractivity contribution in [3.63, 3.8) is 0 Å². The molecule has 9 nitrogen and oxygen atoms in total. The SMILES string of the molecule is Nc1ccc2c3c(c(C(=O)N[C@@H]4CNCC[C@H]4O)sc13)C(N)C(=O)C2(N)c1ccc(Oc2ccccc2)cc1. The quantitative estimate of drug-likeness (QED) is 0.209. The van der Waals surface area contributed by atoms with Crippen LogP contribution in [0.25, 0.3) is 10.1 Å². The van der Waals surface area contributed by atoms with Crippen LogP contribution in [-0.4, -0.2) is 42.0 Å². The Morgan fingerprint density at radius 1 is 1.08 bits per heavy atom. The number of hydrogen-bond acceptors (Lipinski definition) is 9. The van der Waals surface area contributed by atoms with E-state index in [-0.39, 0.29) is 0 Å². The minimum Gasteiger partial charge on any atom is -0.457 e. The number of Topliss-reactive ketones (excluding diaryl/α,β-unsaturated/α-hetero) is 1.